The molecular weight excluding hydrogens is 314 g/mol. The second-order valence-electron chi connectivity index (χ2n) is 6.51. The summed E-state index contributed by atoms with van der Waals surface area (Å²) in [6, 6.07) is 15.5. The number of methoxy groups -OCH3 is 2. The second kappa shape index (κ2) is 8.88. The van der Waals surface area contributed by atoms with Crippen molar-refractivity contribution >= 4 is 0 Å². The Morgan fingerprint density at radius 2 is 1.48 bits per heavy atom. The Balaban J connectivity index is 2.32. The highest BCUT2D eigenvalue weighted by atomic mass is 16.5. The van der Waals surface area contributed by atoms with E-state index in [1.54, 1.807) is 14.2 Å². The molecule has 0 saturated heterocycles. The van der Waals surface area contributed by atoms with Crippen LogP contribution in [0.25, 0.3) is 0 Å². The van der Waals surface area contributed by atoms with Gasteiger partial charge in [0.1, 0.15) is 11.5 Å². The van der Waals surface area contributed by atoms with Gasteiger partial charge < -0.3 is 20.3 Å². The van der Waals surface area contributed by atoms with Gasteiger partial charge in [-0.05, 0) is 60.7 Å². The largest absolute Gasteiger partial charge is 0.497 e. The molecule has 0 aromatic heterocycles. The van der Waals surface area contributed by atoms with Crippen molar-refractivity contribution in [2.75, 3.05) is 20.8 Å². The first kappa shape index (κ1) is 19.3. The highest BCUT2D eigenvalue weighted by molar-refractivity contribution is 5.34. The third-order valence-electron chi connectivity index (χ3n) is 4.88. The minimum atomic E-state index is -0.962. The lowest BCUT2D eigenvalue weighted by atomic mass is 9.76. The van der Waals surface area contributed by atoms with Gasteiger partial charge in [0.05, 0.1) is 19.8 Å². The molecule has 0 amide bonds. The van der Waals surface area contributed by atoms with Crippen molar-refractivity contribution in [3.05, 3.63) is 59.7 Å². The summed E-state index contributed by atoms with van der Waals surface area (Å²) in [4.78, 5) is 0. The SMILES string of the molecule is COc1ccc(CC(O)(c2ccc(OC)cc2)[C@H](C)CCCN)cc1. The summed E-state index contributed by atoms with van der Waals surface area (Å²) in [5, 5.41) is 11.6. The van der Waals surface area contributed by atoms with E-state index in [0.717, 1.165) is 35.5 Å². The Morgan fingerprint density at radius 1 is 0.960 bits per heavy atom. The van der Waals surface area contributed by atoms with Crippen LogP contribution in [-0.2, 0) is 12.0 Å². The van der Waals surface area contributed by atoms with Gasteiger partial charge >= 0.3 is 0 Å². The zero-order valence-electron chi connectivity index (χ0n) is 15.4. The van der Waals surface area contributed by atoms with Crippen LogP contribution in [-0.4, -0.2) is 25.9 Å². The van der Waals surface area contributed by atoms with Crippen molar-refractivity contribution in [3.63, 3.8) is 0 Å². The summed E-state index contributed by atoms with van der Waals surface area (Å²) >= 11 is 0. The van der Waals surface area contributed by atoms with E-state index < -0.39 is 5.60 Å². The maximum Gasteiger partial charge on any atom is 0.118 e. The van der Waals surface area contributed by atoms with Crippen molar-refractivity contribution < 1.29 is 14.6 Å². The van der Waals surface area contributed by atoms with Gasteiger partial charge in [-0.15, -0.1) is 0 Å². The van der Waals surface area contributed by atoms with E-state index in [1.165, 1.54) is 0 Å². The third-order valence-corrected chi connectivity index (χ3v) is 4.88. The maximum absolute atomic E-state index is 11.6. The number of nitrogens with two attached hydrogens (primary N) is 1. The number of rotatable bonds is 9. The predicted octanol–water partition coefficient (Wildman–Crippen LogP) is 3.51. The number of aliphatic hydroxyl groups is 1. The highest BCUT2D eigenvalue weighted by Gasteiger charge is 2.35. The average Bonchev–Trinajstić information content (AvgIpc) is 2.66. The molecule has 2 aromatic rings. The van der Waals surface area contributed by atoms with Gasteiger partial charge in [0, 0.05) is 6.42 Å². The first-order valence-electron chi connectivity index (χ1n) is 8.73. The van der Waals surface area contributed by atoms with Crippen LogP contribution in [0.1, 0.15) is 30.9 Å². The minimum absolute atomic E-state index is 0.0755. The summed E-state index contributed by atoms with van der Waals surface area (Å²) < 4.78 is 10.5. The van der Waals surface area contributed by atoms with Crippen LogP contribution in [0.5, 0.6) is 11.5 Å². The molecule has 2 aromatic carbocycles. The smallest absolute Gasteiger partial charge is 0.118 e. The molecule has 0 saturated carbocycles. The molecule has 0 radical (unpaired) electrons. The molecule has 0 bridgehead atoms. The van der Waals surface area contributed by atoms with Gasteiger partial charge in [-0.3, -0.25) is 0 Å². The van der Waals surface area contributed by atoms with Gasteiger partial charge in [-0.25, -0.2) is 0 Å². The maximum atomic E-state index is 11.6. The molecule has 2 atom stereocenters. The molecule has 4 heteroatoms. The van der Waals surface area contributed by atoms with E-state index in [0.29, 0.717) is 13.0 Å². The summed E-state index contributed by atoms with van der Waals surface area (Å²) in [7, 11) is 3.29. The van der Waals surface area contributed by atoms with E-state index in [1.807, 2.05) is 48.5 Å². The van der Waals surface area contributed by atoms with E-state index >= 15 is 0 Å². The highest BCUT2D eigenvalue weighted by Crippen LogP contribution is 2.37. The fraction of sp³-hybridized carbons (Fsp3) is 0.429. The fourth-order valence-corrected chi connectivity index (χ4v) is 3.16. The van der Waals surface area contributed by atoms with Crippen LogP contribution in [0.3, 0.4) is 0 Å². The number of ether oxygens (including phenoxy) is 2. The predicted molar refractivity (Wildman–Crippen MR) is 101 cm³/mol. The number of hydrogen-bond acceptors (Lipinski definition) is 4. The zero-order valence-corrected chi connectivity index (χ0v) is 15.4. The van der Waals surface area contributed by atoms with Crippen molar-refractivity contribution in [1.82, 2.24) is 0 Å². The average molecular weight is 343 g/mol. The van der Waals surface area contributed by atoms with E-state index in [-0.39, 0.29) is 5.92 Å². The lowest BCUT2D eigenvalue weighted by Crippen LogP contribution is -2.36. The van der Waals surface area contributed by atoms with E-state index in [9.17, 15) is 5.11 Å². The standard InChI is InChI=1S/C21H29NO3/c1-16(5-4-14-22)21(23,18-8-12-20(25-3)13-9-18)15-17-6-10-19(24-2)11-7-17/h6-13,16,23H,4-5,14-15,22H2,1-3H3/t16-,21?/m1/s1. The first-order chi connectivity index (χ1) is 12.0. The van der Waals surface area contributed by atoms with Gasteiger partial charge in [0.25, 0.3) is 0 Å². The molecule has 3 N–H and O–H groups in total. The Bertz CT molecular complexity index is 639. The zero-order chi connectivity index (χ0) is 18.3. The van der Waals surface area contributed by atoms with Crippen LogP contribution >= 0.6 is 0 Å². The molecule has 1 unspecified atom stereocenters. The monoisotopic (exact) mass is 343 g/mol. The molecule has 0 heterocycles. The molecule has 0 spiro atoms. The lowest BCUT2D eigenvalue weighted by molar-refractivity contribution is -0.0208. The number of hydrogen-bond donors (Lipinski definition) is 2. The van der Waals surface area contributed by atoms with Crippen molar-refractivity contribution in [1.29, 1.82) is 0 Å². The summed E-state index contributed by atoms with van der Waals surface area (Å²) in [6.45, 7) is 2.72. The van der Waals surface area contributed by atoms with Crippen molar-refractivity contribution in [2.24, 2.45) is 11.7 Å². The van der Waals surface area contributed by atoms with Crippen molar-refractivity contribution in [3.8, 4) is 11.5 Å². The minimum Gasteiger partial charge on any atom is -0.497 e. The lowest BCUT2D eigenvalue weighted by Gasteiger charge is -2.35. The van der Waals surface area contributed by atoms with Crippen molar-refractivity contribution in [2.45, 2.75) is 31.8 Å². The second-order valence-corrected chi connectivity index (χ2v) is 6.51. The molecule has 4 nitrogen and oxygen atoms in total. The van der Waals surface area contributed by atoms with Crippen LogP contribution in [0.15, 0.2) is 48.5 Å². The quantitative estimate of drug-likeness (QED) is 0.731. The Kier molecular flexibility index (Phi) is 6.85. The van der Waals surface area contributed by atoms with Gasteiger partial charge in [0.2, 0.25) is 0 Å². The summed E-state index contributed by atoms with van der Waals surface area (Å²) in [6.07, 6.45) is 2.30. The Hall–Kier alpha value is -2.04. The topological polar surface area (TPSA) is 64.7 Å². The van der Waals surface area contributed by atoms with Crippen LogP contribution < -0.4 is 15.2 Å². The third kappa shape index (κ3) is 4.74. The summed E-state index contributed by atoms with van der Waals surface area (Å²) in [5.41, 5.74) is 6.67. The van der Waals surface area contributed by atoms with Gasteiger partial charge in [0.15, 0.2) is 0 Å². The number of benzene rings is 2. The molecule has 0 aliphatic rings. The molecular formula is C21H29NO3. The van der Waals surface area contributed by atoms with Gasteiger partial charge in [-0.2, -0.15) is 0 Å². The molecule has 2 rings (SSSR count). The molecule has 0 aliphatic heterocycles. The normalized spacial score (nSPS) is 14.6. The molecule has 0 fully saturated rings. The van der Waals surface area contributed by atoms with E-state index in [2.05, 4.69) is 6.92 Å². The molecule has 136 valence electrons. The summed E-state index contributed by atoms with van der Waals surface area (Å²) in [5.74, 6) is 1.67. The van der Waals surface area contributed by atoms with E-state index in [4.69, 9.17) is 15.2 Å². The Labute approximate surface area is 150 Å². The fourth-order valence-electron chi connectivity index (χ4n) is 3.16. The first-order valence-corrected chi connectivity index (χ1v) is 8.73. The van der Waals surface area contributed by atoms with Crippen LogP contribution in [0, 0.1) is 5.92 Å². The van der Waals surface area contributed by atoms with Gasteiger partial charge in [-0.1, -0.05) is 31.2 Å². The Morgan fingerprint density at radius 3 is 1.96 bits per heavy atom. The van der Waals surface area contributed by atoms with Crippen LogP contribution in [0.2, 0.25) is 0 Å². The van der Waals surface area contributed by atoms with Crippen LogP contribution in [0.4, 0.5) is 0 Å². The molecule has 0 aliphatic carbocycles. The molecule has 25 heavy (non-hydrogen) atoms.